The molecule has 86 valence electrons. The summed E-state index contributed by atoms with van der Waals surface area (Å²) in [5, 5.41) is 0. The second kappa shape index (κ2) is 8.64. The van der Waals surface area contributed by atoms with Crippen molar-refractivity contribution in [2.75, 3.05) is 20.1 Å². The molecule has 0 heterocycles. The lowest BCUT2D eigenvalue weighted by atomic mass is 10.8. The van der Waals surface area contributed by atoms with E-state index >= 15 is 0 Å². The Kier molecular flexibility index (Phi) is 8.85. The van der Waals surface area contributed by atoms with E-state index in [1.807, 2.05) is 13.8 Å². The lowest BCUT2D eigenvalue weighted by Gasteiger charge is -2.22. The lowest BCUT2D eigenvalue weighted by Crippen LogP contribution is -2.32. The van der Waals surface area contributed by atoms with Crippen LogP contribution in [0.25, 0.3) is 0 Å². The van der Waals surface area contributed by atoms with E-state index in [1.165, 1.54) is 0 Å². The van der Waals surface area contributed by atoms with Crippen LogP contribution in [-0.2, 0) is 18.3 Å². The van der Waals surface area contributed by atoms with Crippen molar-refractivity contribution in [3.05, 3.63) is 0 Å². The summed E-state index contributed by atoms with van der Waals surface area (Å²) >= 11 is 5.64. The zero-order chi connectivity index (χ0) is 11.0. The smallest absolute Gasteiger partial charge is 0.326 e. The lowest BCUT2D eigenvalue weighted by molar-refractivity contribution is -0.0928. The number of alkyl halides is 1. The Morgan fingerprint density at radius 2 is 1.50 bits per heavy atom. The molecule has 0 spiro atoms. The van der Waals surface area contributed by atoms with Crippen molar-refractivity contribution in [2.24, 2.45) is 0 Å². The fourth-order valence-corrected chi connectivity index (χ4v) is 2.92. The number of ether oxygens (including phenoxy) is 2. The Bertz CT molecular complexity index is 127. The molecule has 0 bridgehead atoms. The Morgan fingerprint density at radius 1 is 1.07 bits per heavy atom. The third kappa shape index (κ3) is 6.75. The van der Waals surface area contributed by atoms with Crippen LogP contribution in [0.3, 0.4) is 0 Å². The molecule has 0 amide bonds. The Balaban J connectivity index is 3.88. The molecule has 0 rings (SSSR count). The van der Waals surface area contributed by atoms with Gasteiger partial charge in [-0.25, -0.2) is 0 Å². The summed E-state index contributed by atoms with van der Waals surface area (Å²) in [5.74, 6) is 0.532. The van der Waals surface area contributed by atoms with Gasteiger partial charge in [0, 0.05) is 26.1 Å². The molecular weight excluding hydrogens is 224 g/mol. The first kappa shape index (κ1) is 14.3. The predicted octanol–water partition coefficient (Wildman–Crippen LogP) is 1.46. The second-order valence-electron chi connectivity index (χ2n) is 2.79. The van der Waals surface area contributed by atoms with Crippen molar-refractivity contribution < 1.29 is 18.3 Å². The molecule has 2 unspecified atom stereocenters. The summed E-state index contributed by atoms with van der Waals surface area (Å²) in [6, 6.07) is 0.739. The molecule has 0 radical (unpaired) electrons. The molecule has 0 fully saturated rings. The quantitative estimate of drug-likeness (QED) is 0.367. The molecule has 0 saturated heterocycles. The molecule has 2 atom stereocenters. The Hall–Kier alpha value is 0.347. The Labute approximate surface area is 92.3 Å². The van der Waals surface area contributed by atoms with Crippen molar-refractivity contribution in [1.82, 2.24) is 0 Å². The maximum absolute atomic E-state index is 5.64. The van der Waals surface area contributed by atoms with Crippen molar-refractivity contribution in [2.45, 2.75) is 32.5 Å². The third-order valence-corrected chi connectivity index (χ3v) is 4.41. The van der Waals surface area contributed by atoms with Gasteiger partial charge in [0.2, 0.25) is 0 Å². The van der Waals surface area contributed by atoms with E-state index in [2.05, 4.69) is 0 Å². The number of halogens is 1. The Morgan fingerprint density at radius 3 is 1.79 bits per heavy atom. The average Bonchev–Trinajstić information content (AvgIpc) is 2.17. The van der Waals surface area contributed by atoms with Gasteiger partial charge in [-0.2, -0.15) is 0 Å². The predicted molar refractivity (Wildman–Crippen MR) is 57.8 cm³/mol. The second-order valence-corrected chi connectivity index (χ2v) is 5.14. The molecule has 4 nitrogen and oxygen atoms in total. The van der Waals surface area contributed by atoms with Crippen LogP contribution in [0, 0.1) is 0 Å². The highest BCUT2D eigenvalue weighted by molar-refractivity contribution is 6.46. The van der Waals surface area contributed by atoms with Crippen molar-refractivity contribution in [1.29, 1.82) is 0 Å². The molecule has 0 aliphatic heterocycles. The molecule has 14 heavy (non-hydrogen) atoms. The van der Waals surface area contributed by atoms with Crippen molar-refractivity contribution in [3.63, 3.8) is 0 Å². The summed E-state index contributed by atoms with van der Waals surface area (Å²) in [5.41, 5.74) is 0. The van der Waals surface area contributed by atoms with Crippen LogP contribution in [0.2, 0.25) is 6.04 Å². The highest BCUT2D eigenvalue weighted by Gasteiger charge is 2.19. The van der Waals surface area contributed by atoms with Gasteiger partial charge in [0.1, 0.15) is 12.6 Å². The van der Waals surface area contributed by atoms with Gasteiger partial charge in [-0.05, 0) is 13.8 Å². The highest BCUT2D eigenvalue weighted by Crippen LogP contribution is 2.07. The van der Waals surface area contributed by atoms with Crippen LogP contribution in [0.1, 0.15) is 13.8 Å². The topological polar surface area (TPSA) is 36.9 Å². The van der Waals surface area contributed by atoms with Gasteiger partial charge in [-0.3, -0.25) is 0 Å². The fourth-order valence-electron chi connectivity index (χ4n) is 0.796. The number of rotatable bonds is 8. The maximum atomic E-state index is 5.64. The van der Waals surface area contributed by atoms with Gasteiger partial charge < -0.3 is 18.3 Å². The van der Waals surface area contributed by atoms with E-state index in [9.17, 15) is 0 Å². The summed E-state index contributed by atoms with van der Waals surface area (Å²) in [6.45, 7) is 3.66. The minimum Gasteiger partial charge on any atom is -0.370 e. The summed E-state index contributed by atoms with van der Waals surface area (Å²) < 4.78 is 21.1. The van der Waals surface area contributed by atoms with Gasteiger partial charge in [0.25, 0.3) is 0 Å². The molecule has 0 saturated carbocycles. The molecule has 0 N–H and O–H groups in total. The molecule has 0 aromatic rings. The molecule has 0 aliphatic rings. The first-order chi connectivity index (χ1) is 6.63. The van der Waals surface area contributed by atoms with E-state index in [-0.39, 0.29) is 12.6 Å². The molecule has 0 aliphatic carbocycles. The highest BCUT2D eigenvalue weighted by atomic mass is 35.5. The fraction of sp³-hybridized carbons (Fsp3) is 1.00. The van der Waals surface area contributed by atoms with Crippen molar-refractivity contribution >= 4 is 20.9 Å². The molecule has 0 aromatic carbocycles. The van der Waals surface area contributed by atoms with Crippen molar-refractivity contribution in [3.8, 4) is 0 Å². The molecule has 0 aromatic heterocycles. The molecule has 6 heteroatoms. The largest absolute Gasteiger partial charge is 0.370 e. The average molecular weight is 243 g/mol. The van der Waals surface area contributed by atoms with E-state index in [4.69, 9.17) is 29.9 Å². The third-order valence-electron chi connectivity index (χ3n) is 1.70. The van der Waals surface area contributed by atoms with Crippen LogP contribution >= 0.6 is 11.6 Å². The van der Waals surface area contributed by atoms with E-state index in [1.54, 1.807) is 14.2 Å². The monoisotopic (exact) mass is 242 g/mol. The van der Waals surface area contributed by atoms with E-state index < -0.39 is 9.28 Å². The first-order valence-corrected chi connectivity index (χ1v) is 6.85. The van der Waals surface area contributed by atoms with Crippen LogP contribution in [-0.4, -0.2) is 42.0 Å². The van der Waals surface area contributed by atoms with Gasteiger partial charge in [0.15, 0.2) is 0 Å². The number of hydrogen-bond donors (Lipinski definition) is 0. The van der Waals surface area contributed by atoms with E-state index in [0.717, 1.165) is 6.04 Å². The zero-order valence-electron chi connectivity index (χ0n) is 9.16. The van der Waals surface area contributed by atoms with Crippen LogP contribution in [0.15, 0.2) is 0 Å². The van der Waals surface area contributed by atoms with Gasteiger partial charge in [-0.15, -0.1) is 11.6 Å². The van der Waals surface area contributed by atoms with Gasteiger partial charge in [0.05, 0.1) is 0 Å². The molecular formula is C8H19ClO4Si. The summed E-state index contributed by atoms with van der Waals surface area (Å²) in [7, 11) is 1.42. The van der Waals surface area contributed by atoms with Crippen LogP contribution in [0.4, 0.5) is 0 Å². The zero-order valence-corrected chi connectivity index (χ0v) is 11.1. The summed E-state index contributed by atoms with van der Waals surface area (Å²) in [6.07, 6.45) is -0.502. The normalized spacial score (nSPS) is 17.8. The minimum absolute atomic E-state index is 0.251. The maximum Gasteiger partial charge on any atom is 0.326 e. The van der Waals surface area contributed by atoms with Gasteiger partial charge >= 0.3 is 9.28 Å². The summed E-state index contributed by atoms with van der Waals surface area (Å²) in [4.78, 5) is 0. The SMILES string of the molecule is COC(C)O[SiH](CCCl)OC(C)OC. The van der Waals surface area contributed by atoms with Gasteiger partial charge in [-0.1, -0.05) is 0 Å². The minimum atomic E-state index is -1.77. The number of hydrogen-bond acceptors (Lipinski definition) is 4. The van der Waals surface area contributed by atoms with Crippen LogP contribution < -0.4 is 0 Å². The standard InChI is InChI=1S/C8H19ClO4Si/c1-7(10-3)12-14(6-5-9)13-8(2)11-4/h7-8,14H,5-6H2,1-4H3. The number of methoxy groups -OCH3 is 2. The van der Waals surface area contributed by atoms with Crippen LogP contribution in [0.5, 0.6) is 0 Å². The first-order valence-electron chi connectivity index (χ1n) is 4.56. The van der Waals surface area contributed by atoms with E-state index in [0.29, 0.717) is 5.88 Å².